The topological polar surface area (TPSA) is 23.5 Å². The highest BCUT2D eigenvalue weighted by molar-refractivity contribution is 7.56. The second kappa shape index (κ2) is 8.97. The molecule has 2 aromatic rings. The van der Waals surface area contributed by atoms with Crippen LogP contribution in [0.4, 0.5) is 5.69 Å². The molecule has 0 radical (unpaired) electrons. The highest BCUT2D eigenvalue weighted by atomic mass is 31.1. The van der Waals surface area contributed by atoms with Crippen molar-refractivity contribution in [3.05, 3.63) is 71.8 Å². The Labute approximate surface area is 170 Å². The lowest BCUT2D eigenvalue weighted by Crippen LogP contribution is -2.33. The van der Waals surface area contributed by atoms with Crippen molar-refractivity contribution in [3.8, 4) is 5.75 Å². The standard InChI is InChI=1S/C25H30NOP/c1-19-10-8-14-22(26-16-6-3-7-17-26)25(19)28-23-15-9-13-21(24(23)27)18-20-11-4-2-5-12-20/h2,4-5,8-11,13-15,20,27-28H,3,6-7,12,16-18H2,1H3. The van der Waals surface area contributed by atoms with Gasteiger partial charge >= 0.3 is 0 Å². The van der Waals surface area contributed by atoms with Crippen LogP contribution in [0.25, 0.3) is 0 Å². The van der Waals surface area contributed by atoms with Crippen LogP contribution in [-0.2, 0) is 6.42 Å². The van der Waals surface area contributed by atoms with E-state index in [2.05, 4.69) is 72.5 Å². The lowest BCUT2D eigenvalue weighted by molar-refractivity contribution is 0.467. The number of hydrogen-bond donors (Lipinski definition) is 1. The summed E-state index contributed by atoms with van der Waals surface area (Å²) >= 11 is 0. The molecule has 28 heavy (non-hydrogen) atoms. The molecule has 0 spiro atoms. The summed E-state index contributed by atoms with van der Waals surface area (Å²) in [4.78, 5) is 2.54. The van der Waals surface area contributed by atoms with E-state index in [9.17, 15) is 5.11 Å². The third-order valence-electron chi connectivity index (χ3n) is 5.88. The van der Waals surface area contributed by atoms with Crippen LogP contribution in [0.5, 0.6) is 5.75 Å². The number of aromatic hydroxyl groups is 1. The lowest BCUT2D eigenvalue weighted by atomic mass is 9.93. The normalized spacial score (nSPS) is 19.6. The molecular weight excluding hydrogens is 361 g/mol. The van der Waals surface area contributed by atoms with Gasteiger partial charge in [-0.1, -0.05) is 63.2 Å². The van der Waals surface area contributed by atoms with Gasteiger partial charge in [0.15, 0.2) is 0 Å². The first-order valence-electron chi connectivity index (χ1n) is 10.5. The van der Waals surface area contributed by atoms with Gasteiger partial charge in [0.05, 0.1) is 0 Å². The number of aryl methyl sites for hydroxylation is 1. The van der Waals surface area contributed by atoms with E-state index >= 15 is 0 Å². The number of rotatable bonds is 5. The predicted octanol–water partition coefficient (Wildman–Crippen LogP) is 5.00. The van der Waals surface area contributed by atoms with E-state index in [1.54, 1.807) is 0 Å². The molecule has 146 valence electrons. The molecule has 2 nitrogen and oxygen atoms in total. The summed E-state index contributed by atoms with van der Waals surface area (Å²) < 4.78 is 0. The van der Waals surface area contributed by atoms with Gasteiger partial charge in [-0.2, -0.15) is 0 Å². The van der Waals surface area contributed by atoms with E-state index in [0.29, 0.717) is 20.2 Å². The van der Waals surface area contributed by atoms with Crippen LogP contribution in [0.3, 0.4) is 0 Å². The van der Waals surface area contributed by atoms with Gasteiger partial charge in [-0.25, -0.2) is 0 Å². The van der Waals surface area contributed by atoms with E-state index in [4.69, 9.17) is 0 Å². The van der Waals surface area contributed by atoms with Gasteiger partial charge in [-0.15, -0.1) is 0 Å². The fourth-order valence-corrected chi connectivity index (χ4v) is 5.65. The molecule has 1 aliphatic carbocycles. The van der Waals surface area contributed by atoms with Crippen molar-refractivity contribution in [2.75, 3.05) is 18.0 Å². The molecule has 0 saturated carbocycles. The molecule has 4 rings (SSSR count). The second-order valence-electron chi connectivity index (χ2n) is 7.97. The van der Waals surface area contributed by atoms with Crippen LogP contribution in [0.1, 0.15) is 36.8 Å². The van der Waals surface area contributed by atoms with Gasteiger partial charge in [0.1, 0.15) is 5.75 Å². The Morgan fingerprint density at radius 2 is 1.86 bits per heavy atom. The Morgan fingerprint density at radius 3 is 2.64 bits per heavy atom. The number of para-hydroxylation sites is 1. The maximum Gasteiger partial charge on any atom is 0.126 e. The fourth-order valence-electron chi connectivity index (χ4n) is 4.27. The Balaban J connectivity index is 1.60. The van der Waals surface area contributed by atoms with E-state index in [1.807, 2.05) is 0 Å². The van der Waals surface area contributed by atoms with Crippen LogP contribution < -0.4 is 15.5 Å². The summed E-state index contributed by atoms with van der Waals surface area (Å²) in [6.45, 7) is 4.50. The van der Waals surface area contributed by atoms with Gasteiger partial charge in [0.25, 0.3) is 0 Å². The third-order valence-corrected chi connectivity index (χ3v) is 7.45. The number of anilines is 1. The molecule has 0 bridgehead atoms. The molecule has 0 aromatic heterocycles. The Bertz CT molecular complexity index is 880. The zero-order valence-electron chi connectivity index (χ0n) is 16.7. The predicted molar refractivity (Wildman–Crippen MR) is 123 cm³/mol. The molecule has 1 aliphatic heterocycles. The molecule has 1 heterocycles. The number of allylic oxidation sites excluding steroid dienone is 4. The lowest BCUT2D eigenvalue weighted by Gasteiger charge is -2.31. The zero-order chi connectivity index (χ0) is 19.3. The van der Waals surface area contributed by atoms with Crippen LogP contribution >= 0.6 is 8.58 Å². The van der Waals surface area contributed by atoms with Crippen molar-refractivity contribution in [2.24, 2.45) is 5.92 Å². The largest absolute Gasteiger partial charge is 0.507 e. The molecule has 1 fully saturated rings. The number of phenols is 1. The molecule has 1 saturated heterocycles. The van der Waals surface area contributed by atoms with E-state index < -0.39 is 0 Å². The minimum Gasteiger partial charge on any atom is -0.507 e. The van der Waals surface area contributed by atoms with E-state index in [0.717, 1.165) is 36.8 Å². The number of nitrogens with zero attached hydrogens (tertiary/aromatic N) is 1. The van der Waals surface area contributed by atoms with Gasteiger partial charge < -0.3 is 10.0 Å². The van der Waals surface area contributed by atoms with Crippen molar-refractivity contribution >= 4 is 24.9 Å². The van der Waals surface area contributed by atoms with Crippen LogP contribution in [-0.4, -0.2) is 18.2 Å². The summed E-state index contributed by atoms with van der Waals surface area (Å²) in [6.07, 6.45) is 14.5. The van der Waals surface area contributed by atoms with Crippen LogP contribution in [0.15, 0.2) is 60.7 Å². The summed E-state index contributed by atoms with van der Waals surface area (Å²) in [7, 11) is 0.482. The molecule has 3 heteroatoms. The average Bonchev–Trinajstić information content (AvgIpc) is 2.73. The maximum atomic E-state index is 11.0. The maximum absolute atomic E-state index is 11.0. The highest BCUT2D eigenvalue weighted by Gasteiger charge is 2.18. The minimum absolute atomic E-state index is 0.482. The van der Waals surface area contributed by atoms with Crippen molar-refractivity contribution in [1.82, 2.24) is 0 Å². The van der Waals surface area contributed by atoms with Crippen molar-refractivity contribution < 1.29 is 5.11 Å². The Hall–Kier alpha value is -2.05. The number of phenolic OH excluding ortho intramolecular Hbond substituents is 1. The van der Waals surface area contributed by atoms with E-state index in [1.165, 1.54) is 35.8 Å². The molecule has 2 atom stereocenters. The Morgan fingerprint density at radius 1 is 1.04 bits per heavy atom. The van der Waals surface area contributed by atoms with Gasteiger partial charge in [-0.3, -0.25) is 0 Å². The van der Waals surface area contributed by atoms with Gasteiger partial charge in [0.2, 0.25) is 0 Å². The average molecular weight is 391 g/mol. The van der Waals surface area contributed by atoms with Crippen LogP contribution in [0.2, 0.25) is 0 Å². The smallest absolute Gasteiger partial charge is 0.126 e. The molecule has 0 amide bonds. The highest BCUT2D eigenvalue weighted by Crippen LogP contribution is 2.31. The van der Waals surface area contributed by atoms with Crippen molar-refractivity contribution in [3.63, 3.8) is 0 Å². The summed E-state index contributed by atoms with van der Waals surface area (Å²) in [5.41, 5.74) is 3.76. The van der Waals surface area contributed by atoms with Crippen molar-refractivity contribution in [2.45, 2.75) is 39.0 Å². The minimum atomic E-state index is 0.482. The third kappa shape index (κ3) is 4.33. The van der Waals surface area contributed by atoms with Gasteiger partial charge in [0, 0.05) is 29.4 Å². The van der Waals surface area contributed by atoms with E-state index in [-0.39, 0.29) is 0 Å². The second-order valence-corrected chi connectivity index (χ2v) is 9.26. The zero-order valence-corrected chi connectivity index (χ0v) is 17.7. The molecular formula is C25H30NOP. The summed E-state index contributed by atoms with van der Waals surface area (Å²) in [5.74, 6) is 0.980. The molecule has 2 aromatic carbocycles. The van der Waals surface area contributed by atoms with Gasteiger partial charge in [-0.05, 0) is 62.1 Å². The quantitative estimate of drug-likeness (QED) is 0.726. The first-order valence-corrected chi connectivity index (χ1v) is 11.5. The SMILES string of the molecule is Cc1cccc(N2CCCCC2)c1Pc1cccc(CC2C=CC=CC2)c1O. The monoisotopic (exact) mass is 391 g/mol. The first kappa shape index (κ1) is 19.3. The fraction of sp³-hybridized carbons (Fsp3) is 0.360. The summed E-state index contributed by atoms with van der Waals surface area (Å²) in [6, 6.07) is 12.9. The number of benzene rings is 2. The van der Waals surface area contributed by atoms with Crippen LogP contribution in [0, 0.1) is 12.8 Å². The number of hydrogen-bond acceptors (Lipinski definition) is 2. The molecule has 1 N–H and O–H groups in total. The first-order chi connectivity index (χ1) is 13.7. The van der Waals surface area contributed by atoms with Crippen molar-refractivity contribution in [1.29, 1.82) is 0 Å². The molecule has 2 unspecified atom stereocenters. The summed E-state index contributed by atoms with van der Waals surface area (Å²) in [5, 5.41) is 13.5. The number of piperidine rings is 1. The molecule has 2 aliphatic rings. The Kier molecular flexibility index (Phi) is 6.17.